The molecule has 1 rings (SSSR count). The first-order valence-corrected chi connectivity index (χ1v) is 9.87. The lowest BCUT2D eigenvalue weighted by molar-refractivity contribution is -0.360. The van der Waals surface area contributed by atoms with Crippen LogP contribution in [0.4, 0.5) is 22.0 Å². The zero-order valence-electron chi connectivity index (χ0n) is 15.0. The number of benzene rings is 1. The monoisotopic (exact) mass is 404 g/mol. The normalized spacial score (nSPS) is 14.6. The number of hydrogen-bond donors (Lipinski definition) is 0. The van der Waals surface area contributed by atoms with Crippen molar-refractivity contribution in [2.75, 3.05) is 0 Å². The van der Waals surface area contributed by atoms with Gasteiger partial charge in [0.2, 0.25) is 0 Å². The van der Waals surface area contributed by atoms with Crippen LogP contribution in [0.5, 0.6) is 5.75 Å². The Morgan fingerprint density at radius 1 is 0.920 bits per heavy atom. The molecule has 0 radical (unpaired) electrons. The molecule has 0 aliphatic carbocycles. The topological polar surface area (TPSA) is 9.23 Å². The summed E-state index contributed by atoms with van der Waals surface area (Å²) >= 11 is 6.24. The predicted molar refractivity (Wildman–Crippen MR) is 94.3 cm³/mol. The van der Waals surface area contributed by atoms with Gasteiger partial charge in [0.25, 0.3) is 0 Å². The molecule has 0 bridgehead atoms. The van der Waals surface area contributed by atoms with E-state index < -0.39 is 25.3 Å². The van der Waals surface area contributed by atoms with E-state index in [1.54, 1.807) is 11.7 Å². The Kier molecular flexibility index (Phi) is 6.14. The molecule has 0 unspecified atom stereocenters. The summed E-state index contributed by atoms with van der Waals surface area (Å²) < 4.78 is 67.6. The van der Waals surface area contributed by atoms with Gasteiger partial charge in [-0.2, -0.15) is 22.0 Å². The van der Waals surface area contributed by atoms with Gasteiger partial charge in [-0.3, -0.25) is 0 Å². The molecule has 0 saturated heterocycles. The van der Waals surface area contributed by atoms with Gasteiger partial charge >= 0.3 is 12.3 Å². The third-order valence-corrected chi connectivity index (χ3v) is 10.6. The maximum Gasteiger partial charge on any atom is 0.499 e. The summed E-state index contributed by atoms with van der Waals surface area (Å²) in [7, 11) is -2.30. The Hall–Kier alpha value is -0.610. The molecule has 0 saturated carbocycles. The molecule has 0 heterocycles. The maximum atomic E-state index is 13.2. The molecule has 25 heavy (non-hydrogen) atoms. The van der Waals surface area contributed by atoms with Crippen LogP contribution < -0.4 is 10.0 Å². The number of hydrogen-bond acceptors (Lipinski definition) is 1. The van der Waals surface area contributed by atoms with Gasteiger partial charge in [0.1, 0.15) is 5.75 Å². The van der Waals surface area contributed by atoms with Gasteiger partial charge in [-0.05, 0) is 53.7 Å². The average molecular weight is 405 g/mol. The van der Waals surface area contributed by atoms with Crippen LogP contribution in [0.25, 0.3) is 0 Å². The van der Waals surface area contributed by atoms with Crippen molar-refractivity contribution >= 4 is 24.2 Å². The molecule has 1 aromatic rings. The summed E-state index contributed by atoms with van der Waals surface area (Å²) in [5.74, 6) is -0.545. The first kappa shape index (κ1) is 22.4. The van der Waals surface area contributed by atoms with E-state index in [9.17, 15) is 22.0 Å². The fourth-order valence-electron chi connectivity index (χ4n) is 3.10. The smallest absolute Gasteiger partial charge is 0.426 e. The van der Waals surface area contributed by atoms with Crippen LogP contribution in [0.15, 0.2) is 24.3 Å². The van der Waals surface area contributed by atoms with Crippen molar-refractivity contribution in [1.82, 2.24) is 0 Å². The molecule has 0 amide bonds. The predicted octanol–water partition coefficient (Wildman–Crippen LogP) is 6.82. The van der Waals surface area contributed by atoms with Crippen LogP contribution in [0.3, 0.4) is 0 Å². The fraction of sp³-hybridized carbons (Fsp3) is 0.588. The first-order chi connectivity index (χ1) is 11.0. The van der Waals surface area contributed by atoms with E-state index in [0.717, 1.165) is 6.07 Å². The summed E-state index contributed by atoms with van der Waals surface area (Å²) in [6, 6.07) is 5.42. The highest BCUT2D eigenvalue weighted by Gasteiger charge is 2.61. The van der Waals surface area contributed by atoms with Crippen LogP contribution in [0.2, 0.25) is 0 Å². The van der Waals surface area contributed by atoms with Gasteiger partial charge < -0.3 is 16.3 Å². The Balaban J connectivity index is 3.48. The average Bonchev–Trinajstić information content (AvgIpc) is 2.34. The Morgan fingerprint density at radius 3 is 1.76 bits per heavy atom. The van der Waals surface area contributed by atoms with E-state index in [1.807, 2.05) is 41.5 Å². The SMILES string of the molecule is CC(C)(C)[P+]([CH-]Cl)(c1cccc(OC(F)(F)C(F)(F)F)c1)C(C)(C)C. The summed E-state index contributed by atoms with van der Waals surface area (Å²) in [4.78, 5) is 0. The molecule has 144 valence electrons. The zero-order chi connectivity index (χ0) is 19.9. The van der Waals surface area contributed by atoms with Crippen molar-refractivity contribution in [3.63, 3.8) is 0 Å². The van der Waals surface area contributed by atoms with E-state index in [1.165, 1.54) is 12.1 Å². The number of rotatable bonds is 4. The number of halogens is 6. The van der Waals surface area contributed by atoms with Crippen LogP contribution in [0.1, 0.15) is 41.5 Å². The van der Waals surface area contributed by atoms with Crippen molar-refractivity contribution in [3.8, 4) is 5.75 Å². The van der Waals surface area contributed by atoms with Crippen LogP contribution in [0, 0.1) is 5.62 Å². The molecule has 0 atom stereocenters. The highest BCUT2D eigenvalue weighted by Crippen LogP contribution is 2.78. The summed E-state index contributed by atoms with van der Waals surface area (Å²) in [6.07, 6.45) is -11.1. The molecule has 0 N–H and O–H groups in total. The quantitative estimate of drug-likeness (QED) is 0.304. The second-order valence-electron chi connectivity index (χ2n) is 7.78. The lowest BCUT2D eigenvalue weighted by Crippen LogP contribution is -2.42. The van der Waals surface area contributed by atoms with Gasteiger partial charge in [-0.25, -0.2) is 0 Å². The van der Waals surface area contributed by atoms with E-state index in [0.29, 0.717) is 5.30 Å². The number of alkyl halides is 5. The van der Waals surface area contributed by atoms with Crippen LogP contribution >= 0.6 is 18.9 Å². The fourth-order valence-corrected chi connectivity index (χ4v) is 10.1. The molecule has 0 aliphatic rings. The summed E-state index contributed by atoms with van der Waals surface area (Å²) in [5.41, 5.74) is 1.56. The first-order valence-electron chi connectivity index (χ1n) is 7.57. The van der Waals surface area contributed by atoms with Crippen molar-refractivity contribution in [2.24, 2.45) is 0 Å². The van der Waals surface area contributed by atoms with E-state index in [-0.39, 0.29) is 10.3 Å². The van der Waals surface area contributed by atoms with Crippen LogP contribution in [-0.4, -0.2) is 22.6 Å². The lowest BCUT2D eigenvalue weighted by atomic mass is 10.2. The summed E-state index contributed by atoms with van der Waals surface area (Å²) in [6.45, 7) is 11.8. The number of ether oxygens (including phenoxy) is 1. The Morgan fingerprint density at radius 2 is 1.40 bits per heavy atom. The van der Waals surface area contributed by atoms with Crippen molar-refractivity contribution < 1.29 is 26.7 Å². The van der Waals surface area contributed by atoms with Gasteiger partial charge in [-0.15, -0.1) is 0 Å². The maximum absolute atomic E-state index is 13.2. The van der Waals surface area contributed by atoms with Crippen molar-refractivity contribution in [2.45, 2.75) is 64.1 Å². The van der Waals surface area contributed by atoms with Gasteiger partial charge in [0.15, 0.2) is 0 Å². The standard InChI is InChI=1S/C17H23ClF5OP/c1-14(2,3)25(11-18,15(4,5)6)13-9-7-8-12(10-13)24-17(22,23)16(19,20)21/h7-11H,1-6H3. The van der Waals surface area contributed by atoms with Crippen molar-refractivity contribution in [1.29, 1.82) is 0 Å². The van der Waals surface area contributed by atoms with Gasteiger partial charge in [0, 0.05) is 6.07 Å². The molecule has 8 heteroatoms. The minimum absolute atomic E-state index is 0.335. The van der Waals surface area contributed by atoms with Gasteiger partial charge in [0.05, 0.1) is 15.6 Å². The van der Waals surface area contributed by atoms with Crippen molar-refractivity contribution in [3.05, 3.63) is 29.9 Å². The molecule has 1 nitrogen and oxygen atoms in total. The molecule has 0 fully saturated rings. The summed E-state index contributed by atoms with van der Waals surface area (Å²) in [5, 5.41) is -0.0611. The largest absolute Gasteiger partial charge is 0.499 e. The molecule has 0 aromatic heterocycles. The third kappa shape index (κ3) is 4.21. The molecule has 1 aromatic carbocycles. The molecule has 0 spiro atoms. The highest BCUT2D eigenvalue weighted by molar-refractivity contribution is 7.88. The van der Waals surface area contributed by atoms with E-state index >= 15 is 0 Å². The molecular formula is C17H23ClF5OP. The van der Waals surface area contributed by atoms with Gasteiger partial charge in [-0.1, -0.05) is 18.9 Å². The Labute approximate surface area is 151 Å². The van der Waals surface area contributed by atoms with Crippen LogP contribution in [-0.2, 0) is 0 Å². The second kappa shape index (κ2) is 6.84. The molecular weight excluding hydrogens is 382 g/mol. The second-order valence-corrected chi connectivity index (χ2v) is 13.2. The minimum atomic E-state index is -5.79. The third-order valence-electron chi connectivity index (χ3n) is 4.06. The Bertz CT molecular complexity index is 588. The molecule has 0 aliphatic heterocycles. The lowest BCUT2D eigenvalue weighted by Gasteiger charge is -2.52. The minimum Gasteiger partial charge on any atom is -0.426 e. The zero-order valence-corrected chi connectivity index (χ0v) is 16.7. The highest BCUT2D eigenvalue weighted by atomic mass is 35.5. The van der Waals surface area contributed by atoms with E-state index in [4.69, 9.17) is 11.6 Å². The van der Waals surface area contributed by atoms with E-state index in [2.05, 4.69) is 4.74 Å².